The second kappa shape index (κ2) is 6.03. The zero-order valence-electron chi connectivity index (χ0n) is 12.5. The second-order valence-corrected chi connectivity index (χ2v) is 6.28. The summed E-state index contributed by atoms with van der Waals surface area (Å²) >= 11 is 0. The molecule has 0 radical (unpaired) electrons. The van der Waals surface area contributed by atoms with Gasteiger partial charge in [-0.3, -0.25) is 9.78 Å². The Balaban J connectivity index is 2.06. The fourth-order valence-electron chi connectivity index (χ4n) is 2.17. The quantitative estimate of drug-likeness (QED) is 0.879. The van der Waals surface area contributed by atoms with Gasteiger partial charge in [0.1, 0.15) is 11.3 Å². The molecule has 2 aromatic heterocycles. The maximum atomic E-state index is 11.3. The van der Waals surface area contributed by atoms with Crippen molar-refractivity contribution < 1.29 is 9.90 Å². The molecule has 0 aliphatic carbocycles. The third-order valence-electron chi connectivity index (χ3n) is 3.07. The number of fused-ring (bicyclic) bond motifs is 1. The summed E-state index contributed by atoms with van der Waals surface area (Å²) in [7, 11) is 0. The number of aliphatic carboxylic acids is 1. The van der Waals surface area contributed by atoms with Gasteiger partial charge in [-0.05, 0) is 24.0 Å². The summed E-state index contributed by atoms with van der Waals surface area (Å²) < 4.78 is 0. The van der Waals surface area contributed by atoms with E-state index < -0.39 is 11.9 Å². The minimum atomic E-state index is -0.794. The van der Waals surface area contributed by atoms with E-state index >= 15 is 0 Å². The summed E-state index contributed by atoms with van der Waals surface area (Å²) in [6, 6.07) is 3.60. The summed E-state index contributed by atoms with van der Waals surface area (Å²) in [6.07, 6.45) is 3.79. The van der Waals surface area contributed by atoms with Crippen LogP contribution in [0.3, 0.4) is 0 Å². The lowest BCUT2D eigenvalue weighted by molar-refractivity contribution is -0.142. The molecule has 1 unspecified atom stereocenters. The number of aromatic nitrogens is 3. The topological polar surface area (TPSA) is 88.0 Å². The smallest absolute Gasteiger partial charge is 0.308 e. The molecule has 0 aliphatic rings. The zero-order valence-corrected chi connectivity index (χ0v) is 12.5. The maximum Gasteiger partial charge on any atom is 0.308 e. The van der Waals surface area contributed by atoms with Crippen molar-refractivity contribution in [2.24, 2.45) is 11.3 Å². The van der Waals surface area contributed by atoms with Crippen LogP contribution in [0.4, 0.5) is 5.82 Å². The van der Waals surface area contributed by atoms with Crippen molar-refractivity contribution in [1.29, 1.82) is 0 Å². The average Bonchev–Trinajstić information content (AvgIpc) is 2.41. The van der Waals surface area contributed by atoms with Crippen molar-refractivity contribution >= 4 is 23.0 Å². The molecular weight excluding hydrogens is 268 g/mol. The van der Waals surface area contributed by atoms with Crippen LogP contribution >= 0.6 is 0 Å². The molecule has 0 aromatic carbocycles. The average molecular weight is 288 g/mol. The standard InChI is InChI=1S/C15H20N4O2/c1-15(2,3)8-10(14(20)21)9-18-12-5-4-11-13(19-12)17-7-6-16-11/h4-7,10H,8-9H2,1-3H3,(H,20,21)(H,17,18,19). The van der Waals surface area contributed by atoms with E-state index in [4.69, 9.17) is 0 Å². The number of hydrogen-bond acceptors (Lipinski definition) is 5. The predicted octanol–water partition coefficient (Wildman–Crippen LogP) is 2.57. The van der Waals surface area contributed by atoms with Gasteiger partial charge in [0.15, 0.2) is 5.65 Å². The molecule has 112 valence electrons. The van der Waals surface area contributed by atoms with E-state index in [2.05, 4.69) is 20.3 Å². The van der Waals surface area contributed by atoms with Crippen molar-refractivity contribution in [1.82, 2.24) is 15.0 Å². The van der Waals surface area contributed by atoms with Gasteiger partial charge in [-0.15, -0.1) is 0 Å². The SMILES string of the molecule is CC(C)(C)CC(CNc1ccc2nccnc2n1)C(=O)O. The molecule has 1 atom stereocenters. The first kappa shape index (κ1) is 15.2. The third kappa shape index (κ3) is 4.37. The molecule has 0 aliphatic heterocycles. The van der Waals surface area contributed by atoms with Gasteiger partial charge in [-0.2, -0.15) is 0 Å². The molecule has 2 rings (SSSR count). The normalized spacial score (nSPS) is 13.1. The molecule has 0 spiro atoms. The molecule has 2 aromatic rings. The van der Waals surface area contributed by atoms with Gasteiger partial charge in [0.25, 0.3) is 0 Å². The molecule has 6 nitrogen and oxygen atoms in total. The maximum absolute atomic E-state index is 11.3. The number of rotatable bonds is 5. The Bertz CT molecular complexity index is 637. The van der Waals surface area contributed by atoms with Crippen LogP contribution in [0.2, 0.25) is 0 Å². The van der Waals surface area contributed by atoms with E-state index in [-0.39, 0.29) is 5.41 Å². The lowest BCUT2D eigenvalue weighted by Gasteiger charge is -2.23. The predicted molar refractivity (Wildman–Crippen MR) is 81.0 cm³/mol. The number of carboxylic acids is 1. The molecular formula is C15H20N4O2. The Labute approximate surface area is 123 Å². The van der Waals surface area contributed by atoms with Crippen LogP contribution < -0.4 is 5.32 Å². The van der Waals surface area contributed by atoms with Crippen LogP contribution in [0.15, 0.2) is 24.5 Å². The van der Waals surface area contributed by atoms with Gasteiger partial charge < -0.3 is 10.4 Å². The van der Waals surface area contributed by atoms with Gasteiger partial charge in [0.05, 0.1) is 5.92 Å². The minimum Gasteiger partial charge on any atom is -0.481 e. The molecule has 0 bridgehead atoms. The summed E-state index contributed by atoms with van der Waals surface area (Å²) in [5, 5.41) is 12.4. The van der Waals surface area contributed by atoms with E-state index in [9.17, 15) is 9.90 Å². The van der Waals surface area contributed by atoms with Crippen LogP contribution in [-0.2, 0) is 4.79 Å². The van der Waals surface area contributed by atoms with Crippen molar-refractivity contribution in [3.8, 4) is 0 Å². The minimum absolute atomic E-state index is 0.0347. The van der Waals surface area contributed by atoms with Crippen molar-refractivity contribution in [3.63, 3.8) is 0 Å². The van der Waals surface area contributed by atoms with E-state index in [0.29, 0.717) is 29.9 Å². The second-order valence-electron chi connectivity index (χ2n) is 6.28. The first-order chi connectivity index (χ1) is 9.85. The van der Waals surface area contributed by atoms with Crippen LogP contribution in [-0.4, -0.2) is 32.6 Å². The van der Waals surface area contributed by atoms with Gasteiger partial charge in [-0.25, -0.2) is 9.97 Å². The van der Waals surface area contributed by atoms with E-state index in [0.717, 1.165) is 0 Å². The van der Waals surface area contributed by atoms with E-state index in [1.165, 1.54) is 0 Å². The highest BCUT2D eigenvalue weighted by Gasteiger charge is 2.24. The Hall–Kier alpha value is -2.24. The number of anilines is 1. The Morgan fingerprint density at radius 2 is 2.00 bits per heavy atom. The number of pyridine rings is 1. The lowest BCUT2D eigenvalue weighted by atomic mass is 9.84. The largest absolute Gasteiger partial charge is 0.481 e. The van der Waals surface area contributed by atoms with E-state index in [1.54, 1.807) is 18.5 Å². The monoisotopic (exact) mass is 288 g/mol. The number of carbonyl (C=O) groups is 1. The van der Waals surface area contributed by atoms with Crippen LogP contribution in [0.5, 0.6) is 0 Å². The Morgan fingerprint density at radius 1 is 1.29 bits per heavy atom. The van der Waals surface area contributed by atoms with Crippen LogP contribution in [0.1, 0.15) is 27.2 Å². The summed E-state index contributed by atoms with van der Waals surface area (Å²) in [5.74, 6) is -0.634. The van der Waals surface area contributed by atoms with Crippen LogP contribution in [0, 0.1) is 11.3 Å². The summed E-state index contributed by atoms with van der Waals surface area (Å²) in [6.45, 7) is 6.44. The van der Waals surface area contributed by atoms with Gasteiger partial charge in [0.2, 0.25) is 0 Å². The van der Waals surface area contributed by atoms with Crippen molar-refractivity contribution in [3.05, 3.63) is 24.5 Å². The highest BCUT2D eigenvalue weighted by Crippen LogP contribution is 2.25. The molecule has 2 N–H and O–H groups in total. The number of nitrogens with one attached hydrogen (secondary N) is 1. The Kier molecular flexibility index (Phi) is 4.35. The van der Waals surface area contributed by atoms with Gasteiger partial charge >= 0.3 is 5.97 Å². The zero-order chi connectivity index (χ0) is 15.5. The molecule has 0 saturated carbocycles. The number of carboxylic acid groups (broad SMARTS) is 1. The highest BCUT2D eigenvalue weighted by molar-refractivity contribution is 5.72. The van der Waals surface area contributed by atoms with Gasteiger partial charge in [0, 0.05) is 18.9 Å². The number of nitrogens with zero attached hydrogens (tertiary/aromatic N) is 3. The van der Waals surface area contributed by atoms with E-state index in [1.807, 2.05) is 26.8 Å². The molecule has 0 amide bonds. The fraction of sp³-hybridized carbons (Fsp3) is 0.467. The molecule has 21 heavy (non-hydrogen) atoms. The molecule has 0 fully saturated rings. The third-order valence-corrected chi connectivity index (χ3v) is 3.07. The molecule has 2 heterocycles. The summed E-state index contributed by atoms with van der Waals surface area (Å²) in [4.78, 5) is 23.9. The lowest BCUT2D eigenvalue weighted by Crippen LogP contribution is -2.27. The van der Waals surface area contributed by atoms with Crippen molar-refractivity contribution in [2.45, 2.75) is 27.2 Å². The number of hydrogen-bond donors (Lipinski definition) is 2. The fourth-order valence-corrected chi connectivity index (χ4v) is 2.17. The highest BCUT2D eigenvalue weighted by atomic mass is 16.4. The van der Waals surface area contributed by atoms with Crippen molar-refractivity contribution in [2.75, 3.05) is 11.9 Å². The van der Waals surface area contributed by atoms with Crippen LogP contribution in [0.25, 0.3) is 11.2 Å². The summed E-state index contributed by atoms with van der Waals surface area (Å²) in [5.41, 5.74) is 1.23. The molecule has 0 saturated heterocycles. The first-order valence-electron chi connectivity index (χ1n) is 6.89. The van der Waals surface area contributed by atoms with Gasteiger partial charge in [-0.1, -0.05) is 20.8 Å². The first-order valence-corrected chi connectivity index (χ1v) is 6.89. The Morgan fingerprint density at radius 3 is 2.67 bits per heavy atom. The molecule has 6 heteroatoms.